The molecule has 5 heteroatoms. The van der Waals surface area contributed by atoms with Crippen LogP contribution in [-0.2, 0) is 9.53 Å². The molecular formula is C11H10Cl2O3. The second kappa shape index (κ2) is 4.62. The molecular weight excluding hydrogens is 251 g/mol. The molecule has 86 valence electrons. The Morgan fingerprint density at radius 2 is 2.19 bits per heavy atom. The third-order valence-corrected chi connectivity index (χ3v) is 3.53. The Hall–Kier alpha value is -0.770. The third-order valence-electron chi connectivity index (χ3n) is 2.70. The van der Waals surface area contributed by atoms with E-state index in [1.165, 1.54) is 0 Å². The summed E-state index contributed by atoms with van der Waals surface area (Å²) >= 11 is 11.9. The van der Waals surface area contributed by atoms with Crippen molar-refractivity contribution in [2.75, 3.05) is 6.61 Å². The van der Waals surface area contributed by atoms with Gasteiger partial charge in [-0.1, -0.05) is 35.3 Å². The van der Waals surface area contributed by atoms with Gasteiger partial charge in [0.2, 0.25) is 0 Å². The molecule has 1 N–H and O–H groups in total. The van der Waals surface area contributed by atoms with E-state index < -0.39 is 18.0 Å². The van der Waals surface area contributed by atoms with Crippen molar-refractivity contribution in [3.05, 3.63) is 33.8 Å². The highest BCUT2D eigenvalue weighted by Gasteiger charge is 2.36. The summed E-state index contributed by atoms with van der Waals surface area (Å²) in [5.74, 6) is -1.41. The van der Waals surface area contributed by atoms with E-state index in [-0.39, 0.29) is 0 Å². The van der Waals surface area contributed by atoms with Crippen LogP contribution in [0.25, 0.3) is 0 Å². The lowest BCUT2D eigenvalue weighted by molar-refractivity contribution is -0.143. The van der Waals surface area contributed by atoms with Crippen molar-refractivity contribution in [3.8, 4) is 0 Å². The van der Waals surface area contributed by atoms with E-state index in [1.54, 1.807) is 18.2 Å². The first-order chi connectivity index (χ1) is 7.61. The summed E-state index contributed by atoms with van der Waals surface area (Å²) in [6.45, 7) is 0.435. The standard InChI is InChI=1S/C11H10Cl2O3/c12-8-3-1-2-6(9(8)13)10-7(11(14)15)4-5-16-10/h1-3,7,10H,4-5H2,(H,14,15). The van der Waals surface area contributed by atoms with Crippen molar-refractivity contribution in [2.45, 2.75) is 12.5 Å². The van der Waals surface area contributed by atoms with Crippen LogP contribution in [-0.4, -0.2) is 17.7 Å². The number of hydrogen-bond donors (Lipinski definition) is 1. The van der Waals surface area contributed by atoms with Crippen LogP contribution < -0.4 is 0 Å². The van der Waals surface area contributed by atoms with Crippen molar-refractivity contribution < 1.29 is 14.6 Å². The number of carboxylic acids is 1. The first kappa shape index (κ1) is 11.7. The van der Waals surface area contributed by atoms with Crippen molar-refractivity contribution in [3.63, 3.8) is 0 Å². The van der Waals surface area contributed by atoms with E-state index in [9.17, 15) is 4.79 Å². The normalized spacial score (nSPS) is 24.6. The minimum Gasteiger partial charge on any atom is -0.481 e. The summed E-state index contributed by atoms with van der Waals surface area (Å²) in [6, 6.07) is 5.16. The minimum absolute atomic E-state index is 0.377. The maximum Gasteiger partial charge on any atom is 0.309 e. The molecule has 1 aliphatic heterocycles. The van der Waals surface area contributed by atoms with E-state index >= 15 is 0 Å². The Bertz CT molecular complexity index is 420. The summed E-state index contributed by atoms with van der Waals surface area (Å²) in [4.78, 5) is 11.0. The summed E-state index contributed by atoms with van der Waals surface area (Å²) in [7, 11) is 0. The molecule has 0 spiro atoms. The van der Waals surface area contributed by atoms with Gasteiger partial charge in [-0.05, 0) is 12.5 Å². The van der Waals surface area contributed by atoms with Crippen LogP contribution in [0.2, 0.25) is 10.0 Å². The minimum atomic E-state index is -0.862. The molecule has 3 nitrogen and oxygen atoms in total. The predicted octanol–water partition coefficient (Wildman–Crippen LogP) is 3.16. The fourth-order valence-electron chi connectivity index (χ4n) is 1.89. The van der Waals surface area contributed by atoms with Crippen LogP contribution in [0.4, 0.5) is 0 Å². The summed E-state index contributed by atoms with van der Waals surface area (Å²) < 4.78 is 5.42. The Kier molecular flexibility index (Phi) is 3.38. The highest BCUT2D eigenvalue weighted by atomic mass is 35.5. The molecule has 0 aromatic heterocycles. The average Bonchev–Trinajstić information content (AvgIpc) is 2.70. The Balaban J connectivity index is 2.36. The quantitative estimate of drug-likeness (QED) is 0.889. The summed E-state index contributed by atoms with van der Waals surface area (Å²) in [5, 5.41) is 9.84. The lowest BCUT2D eigenvalue weighted by atomic mass is 9.95. The largest absolute Gasteiger partial charge is 0.481 e. The zero-order valence-electron chi connectivity index (χ0n) is 8.32. The van der Waals surface area contributed by atoms with Crippen molar-refractivity contribution in [2.24, 2.45) is 5.92 Å². The number of carbonyl (C=O) groups is 1. The molecule has 0 radical (unpaired) electrons. The van der Waals surface area contributed by atoms with Gasteiger partial charge in [-0.3, -0.25) is 4.79 Å². The number of benzene rings is 1. The van der Waals surface area contributed by atoms with Gasteiger partial charge in [0.1, 0.15) is 0 Å². The zero-order chi connectivity index (χ0) is 11.7. The van der Waals surface area contributed by atoms with E-state index in [0.717, 1.165) is 0 Å². The van der Waals surface area contributed by atoms with Gasteiger partial charge in [-0.2, -0.15) is 0 Å². The van der Waals surface area contributed by atoms with Crippen LogP contribution in [0.1, 0.15) is 18.1 Å². The lowest BCUT2D eigenvalue weighted by Crippen LogP contribution is -2.17. The highest BCUT2D eigenvalue weighted by molar-refractivity contribution is 6.42. The number of rotatable bonds is 2. The van der Waals surface area contributed by atoms with Gasteiger partial charge in [0.05, 0.1) is 22.1 Å². The SMILES string of the molecule is O=C(O)C1CCOC1c1cccc(Cl)c1Cl. The Labute approximate surface area is 103 Å². The van der Waals surface area contributed by atoms with E-state index in [0.29, 0.717) is 28.6 Å². The number of halogens is 2. The number of carboxylic acid groups (broad SMARTS) is 1. The van der Waals surface area contributed by atoms with Crippen molar-refractivity contribution >= 4 is 29.2 Å². The fourth-order valence-corrected chi connectivity index (χ4v) is 2.30. The topological polar surface area (TPSA) is 46.5 Å². The van der Waals surface area contributed by atoms with Gasteiger partial charge in [0, 0.05) is 12.2 Å². The van der Waals surface area contributed by atoms with Crippen molar-refractivity contribution in [1.29, 1.82) is 0 Å². The molecule has 1 saturated heterocycles. The van der Waals surface area contributed by atoms with E-state index in [4.69, 9.17) is 33.0 Å². The average molecular weight is 261 g/mol. The molecule has 1 aromatic carbocycles. The smallest absolute Gasteiger partial charge is 0.309 e. The van der Waals surface area contributed by atoms with Gasteiger partial charge in [-0.15, -0.1) is 0 Å². The van der Waals surface area contributed by atoms with E-state index in [1.807, 2.05) is 0 Å². The van der Waals surface area contributed by atoms with Gasteiger partial charge in [0.15, 0.2) is 0 Å². The zero-order valence-corrected chi connectivity index (χ0v) is 9.83. The van der Waals surface area contributed by atoms with Gasteiger partial charge >= 0.3 is 5.97 Å². The molecule has 2 unspecified atom stereocenters. The molecule has 0 aliphatic carbocycles. The fraction of sp³-hybridized carbons (Fsp3) is 0.364. The molecule has 2 atom stereocenters. The predicted molar refractivity (Wildman–Crippen MR) is 60.9 cm³/mol. The molecule has 1 aromatic rings. The Morgan fingerprint density at radius 1 is 1.44 bits per heavy atom. The van der Waals surface area contributed by atoms with Crippen LogP contribution in [0.5, 0.6) is 0 Å². The third kappa shape index (κ3) is 2.03. The second-order valence-electron chi connectivity index (χ2n) is 3.67. The molecule has 0 bridgehead atoms. The monoisotopic (exact) mass is 260 g/mol. The molecule has 0 amide bonds. The number of hydrogen-bond acceptors (Lipinski definition) is 2. The van der Waals surface area contributed by atoms with Crippen LogP contribution in [0.3, 0.4) is 0 Å². The second-order valence-corrected chi connectivity index (χ2v) is 4.45. The number of aliphatic carboxylic acids is 1. The maximum absolute atomic E-state index is 11.0. The van der Waals surface area contributed by atoms with Gasteiger partial charge in [0.25, 0.3) is 0 Å². The molecule has 0 saturated carbocycles. The van der Waals surface area contributed by atoms with E-state index in [2.05, 4.69) is 0 Å². The molecule has 1 heterocycles. The van der Waals surface area contributed by atoms with Crippen LogP contribution >= 0.6 is 23.2 Å². The first-order valence-corrected chi connectivity index (χ1v) is 5.65. The summed E-state index contributed by atoms with van der Waals surface area (Å²) in [6.07, 6.45) is 0.00625. The maximum atomic E-state index is 11.0. The highest BCUT2D eigenvalue weighted by Crippen LogP contribution is 2.40. The van der Waals surface area contributed by atoms with Crippen LogP contribution in [0, 0.1) is 5.92 Å². The lowest BCUT2D eigenvalue weighted by Gasteiger charge is -2.17. The molecule has 1 aliphatic rings. The molecule has 16 heavy (non-hydrogen) atoms. The van der Waals surface area contributed by atoms with Gasteiger partial charge in [-0.25, -0.2) is 0 Å². The van der Waals surface area contributed by atoms with Gasteiger partial charge < -0.3 is 9.84 Å². The Morgan fingerprint density at radius 3 is 2.88 bits per heavy atom. The summed E-state index contributed by atoms with van der Waals surface area (Å²) in [5.41, 5.74) is 0.652. The molecule has 1 fully saturated rings. The molecule has 2 rings (SSSR count). The first-order valence-electron chi connectivity index (χ1n) is 4.89. The van der Waals surface area contributed by atoms with Crippen molar-refractivity contribution in [1.82, 2.24) is 0 Å². The van der Waals surface area contributed by atoms with Crippen LogP contribution in [0.15, 0.2) is 18.2 Å². The number of ether oxygens (including phenoxy) is 1.